The number of nitro benzene ring substituents is 1. The fraction of sp³-hybridized carbons (Fsp3) is 0.133. The highest BCUT2D eigenvalue weighted by Crippen LogP contribution is 2.23. The molecule has 23 heavy (non-hydrogen) atoms. The number of carbonyl (C=O) groups excluding carboxylic acids is 1. The van der Waals surface area contributed by atoms with E-state index in [1.807, 2.05) is 0 Å². The van der Waals surface area contributed by atoms with Crippen LogP contribution in [-0.2, 0) is 9.84 Å². The summed E-state index contributed by atoms with van der Waals surface area (Å²) in [6, 6.07) is 9.86. The number of sulfone groups is 1. The Hall–Kier alpha value is -2.74. The molecule has 0 unspecified atom stereocenters. The quantitative estimate of drug-likeness (QED) is 0.683. The molecule has 0 radical (unpaired) electrons. The van der Waals surface area contributed by atoms with E-state index in [-0.39, 0.29) is 21.8 Å². The maximum atomic E-state index is 12.4. The minimum absolute atomic E-state index is 0.0130. The predicted octanol–water partition coefficient (Wildman–Crippen LogP) is 2.56. The third kappa shape index (κ3) is 3.72. The van der Waals surface area contributed by atoms with E-state index in [1.165, 1.54) is 36.4 Å². The van der Waals surface area contributed by atoms with Crippen molar-refractivity contribution in [1.82, 2.24) is 0 Å². The lowest BCUT2D eigenvalue weighted by atomic mass is 10.1. The van der Waals surface area contributed by atoms with Gasteiger partial charge in [0.2, 0.25) is 0 Å². The monoisotopic (exact) mass is 334 g/mol. The number of anilines is 1. The van der Waals surface area contributed by atoms with Gasteiger partial charge in [-0.15, -0.1) is 0 Å². The van der Waals surface area contributed by atoms with Crippen LogP contribution in [0.3, 0.4) is 0 Å². The highest BCUT2D eigenvalue weighted by atomic mass is 32.2. The van der Waals surface area contributed by atoms with Crippen molar-refractivity contribution in [3.63, 3.8) is 0 Å². The van der Waals surface area contributed by atoms with Crippen LogP contribution in [0.2, 0.25) is 0 Å². The van der Waals surface area contributed by atoms with E-state index >= 15 is 0 Å². The van der Waals surface area contributed by atoms with Crippen molar-refractivity contribution < 1.29 is 18.1 Å². The van der Waals surface area contributed by atoms with Crippen LogP contribution in [0, 0.1) is 17.0 Å². The third-order valence-corrected chi connectivity index (χ3v) is 4.37. The molecule has 2 rings (SSSR count). The summed E-state index contributed by atoms with van der Waals surface area (Å²) in [4.78, 5) is 22.5. The standard InChI is InChI=1S/C15H14N2O5S/c1-10-7-8-11(17(19)20)9-13(10)16-15(18)12-5-3-4-6-14(12)23(2,21)22/h3-9H,1-2H3,(H,16,18). The van der Waals surface area contributed by atoms with Gasteiger partial charge in [-0.2, -0.15) is 0 Å². The van der Waals surface area contributed by atoms with Gasteiger partial charge in [0.05, 0.1) is 21.1 Å². The summed E-state index contributed by atoms with van der Waals surface area (Å²) in [6.45, 7) is 1.68. The Morgan fingerprint density at radius 1 is 1.17 bits per heavy atom. The zero-order valence-electron chi connectivity index (χ0n) is 12.4. The molecule has 8 heteroatoms. The van der Waals surface area contributed by atoms with Crippen molar-refractivity contribution in [2.45, 2.75) is 11.8 Å². The minimum atomic E-state index is -3.57. The van der Waals surface area contributed by atoms with Crippen LogP contribution in [0.5, 0.6) is 0 Å². The molecule has 0 bridgehead atoms. The second-order valence-electron chi connectivity index (χ2n) is 4.98. The largest absolute Gasteiger partial charge is 0.321 e. The van der Waals surface area contributed by atoms with E-state index in [1.54, 1.807) is 13.0 Å². The molecule has 0 saturated heterocycles. The Labute approximate surface area is 133 Å². The number of benzene rings is 2. The zero-order chi connectivity index (χ0) is 17.2. The second kappa shape index (κ2) is 6.17. The minimum Gasteiger partial charge on any atom is -0.321 e. The average molecular weight is 334 g/mol. The van der Waals surface area contributed by atoms with Gasteiger partial charge in [0.15, 0.2) is 9.84 Å². The summed E-state index contributed by atoms with van der Waals surface area (Å²) in [5, 5.41) is 13.3. The first-order valence-corrected chi connectivity index (χ1v) is 8.45. The average Bonchev–Trinajstić information content (AvgIpc) is 2.48. The highest BCUT2D eigenvalue weighted by Gasteiger charge is 2.19. The van der Waals surface area contributed by atoms with Crippen molar-refractivity contribution in [2.75, 3.05) is 11.6 Å². The van der Waals surface area contributed by atoms with Gasteiger partial charge in [-0.05, 0) is 24.6 Å². The molecular formula is C15H14N2O5S. The summed E-state index contributed by atoms with van der Waals surface area (Å²) in [6.07, 6.45) is 1.01. The molecule has 0 spiro atoms. The smallest absolute Gasteiger partial charge is 0.271 e. The number of hydrogen-bond acceptors (Lipinski definition) is 5. The molecule has 0 saturated carbocycles. The van der Waals surface area contributed by atoms with E-state index in [2.05, 4.69) is 5.32 Å². The molecule has 2 aromatic carbocycles. The normalized spacial score (nSPS) is 11.0. The van der Waals surface area contributed by atoms with Crippen molar-refractivity contribution >= 4 is 27.1 Å². The molecule has 0 atom stereocenters. The van der Waals surface area contributed by atoms with Gasteiger partial charge in [-0.1, -0.05) is 18.2 Å². The first kappa shape index (κ1) is 16.6. The lowest BCUT2D eigenvalue weighted by molar-refractivity contribution is -0.384. The SMILES string of the molecule is Cc1ccc([N+](=O)[O-])cc1NC(=O)c1ccccc1S(C)(=O)=O. The van der Waals surface area contributed by atoms with Gasteiger partial charge in [0.25, 0.3) is 11.6 Å². The highest BCUT2D eigenvalue weighted by molar-refractivity contribution is 7.90. The number of aryl methyl sites for hydroxylation is 1. The van der Waals surface area contributed by atoms with Crippen molar-refractivity contribution in [2.24, 2.45) is 0 Å². The Morgan fingerprint density at radius 2 is 1.83 bits per heavy atom. The van der Waals surface area contributed by atoms with Gasteiger partial charge in [-0.25, -0.2) is 8.42 Å². The summed E-state index contributed by atoms with van der Waals surface area (Å²) in [5.74, 6) is -0.644. The van der Waals surface area contributed by atoms with Crippen LogP contribution >= 0.6 is 0 Å². The maximum absolute atomic E-state index is 12.4. The summed E-state index contributed by atoms with van der Waals surface area (Å²) in [5.41, 5.74) is 0.705. The Morgan fingerprint density at radius 3 is 2.43 bits per heavy atom. The predicted molar refractivity (Wildman–Crippen MR) is 85.3 cm³/mol. The second-order valence-corrected chi connectivity index (χ2v) is 6.96. The van der Waals surface area contributed by atoms with Crippen molar-refractivity contribution in [3.05, 3.63) is 63.7 Å². The van der Waals surface area contributed by atoms with Crippen LogP contribution in [0.25, 0.3) is 0 Å². The Bertz CT molecular complexity index is 890. The summed E-state index contributed by atoms with van der Waals surface area (Å²) >= 11 is 0. The number of rotatable bonds is 4. The molecule has 0 aliphatic heterocycles. The van der Waals surface area contributed by atoms with E-state index < -0.39 is 20.7 Å². The molecule has 0 heterocycles. The number of non-ortho nitro benzene ring substituents is 1. The van der Waals surface area contributed by atoms with Crippen molar-refractivity contribution in [3.8, 4) is 0 Å². The van der Waals surface area contributed by atoms with Crippen molar-refractivity contribution in [1.29, 1.82) is 0 Å². The molecule has 7 nitrogen and oxygen atoms in total. The molecule has 2 aromatic rings. The van der Waals surface area contributed by atoms with Gasteiger partial charge in [-0.3, -0.25) is 14.9 Å². The van der Waals surface area contributed by atoms with Crippen LogP contribution in [0.15, 0.2) is 47.4 Å². The summed E-state index contributed by atoms with van der Waals surface area (Å²) in [7, 11) is -3.57. The third-order valence-electron chi connectivity index (χ3n) is 3.21. The lowest BCUT2D eigenvalue weighted by Crippen LogP contribution is -2.16. The van der Waals surface area contributed by atoms with Gasteiger partial charge < -0.3 is 5.32 Å². The van der Waals surface area contributed by atoms with Crippen LogP contribution in [0.4, 0.5) is 11.4 Å². The molecule has 1 N–H and O–H groups in total. The van der Waals surface area contributed by atoms with E-state index in [0.717, 1.165) is 6.26 Å². The molecule has 0 aromatic heterocycles. The Balaban J connectivity index is 2.42. The maximum Gasteiger partial charge on any atom is 0.271 e. The fourth-order valence-electron chi connectivity index (χ4n) is 2.03. The number of amides is 1. The fourth-order valence-corrected chi connectivity index (χ4v) is 2.91. The van der Waals surface area contributed by atoms with Crippen LogP contribution in [0.1, 0.15) is 15.9 Å². The first-order chi connectivity index (χ1) is 10.7. The first-order valence-electron chi connectivity index (χ1n) is 6.55. The van der Waals surface area contributed by atoms with Gasteiger partial charge in [0, 0.05) is 18.4 Å². The molecule has 0 fully saturated rings. The van der Waals surface area contributed by atoms with E-state index in [4.69, 9.17) is 0 Å². The number of nitro groups is 1. The van der Waals surface area contributed by atoms with Crippen LogP contribution in [-0.4, -0.2) is 25.5 Å². The van der Waals surface area contributed by atoms with Crippen LogP contribution < -0.4 is 5.32 Å². The van der Waals surface area contributed by atoms with E-state index in [9.17, 15) is 23.3 Å². The topological polar surface area (TPSA) is 106 Å². The van der Waals surface area contributed by atoms with Gasteiger partial charge >= 0.3 is 0 Å². The molecule has 0 aliphatic rings. The number of nitrogens with zero attached hydrogens (tertiary/aromatic N) is 1. The molecule has 0 aliphatic carbocycles. The summed E-state index contributed by atoms with van der Waals surface area (Å²) < 4.78 is 23.5. The zero-order valence-corrected chi connectivity index (χ0v) is 13.3. The van der Waals surface area contributed by atoms with Gasteiger partial charge in [0.1, 0.15) is 0 Å². The number of hydrogen-bond donors (Lipinski definition) is 1. The number of nitrogens with one attached hydrogen (secondary N) is 1. The number of carbonyl (C=O) groups is 1. The lowest BCUT2D eigenvalue weighted by Gasteiger charge is -2.10. The van der Waals surface area contributed by atoms with E-state index in [0.29, 0.717) is 5.56 Å². The molecule has 120 valence electrons. The Kier molecular flexibility index (Phi) is 4.46. The molecular weight excluding hydrogens is 320 g/mol. The molecule has 1 amide bonds.